The molecule has 0 unspecified atom stereocenters. The van der Waals surface area contributed by atoms with Gasteiger partial charge in [0.1, 0.15) is 28.8 Å². The molecule has 0 aliphatic carbocycles. The average Bonchev–Trinajstić information content (AvgIpc) is 3.56. The molecule has 1 saturated heterocycles. The van der Waals surface area contributed by atoms with Crippen LogP contribution in [0.25, 0.3) is 38.7 Å². The highest BCUT2D eigenvalue weighted by Crippen LogP contribution is 2.42. The second kappa shape index (κ2) is 19.3. The highest BCUT2D eigenvalue weighted by atomic mass is 16.7. The minimum atomic E-state index is -1.99. The van der Waals surface area contributed by atoms with Gasteiger partial charge >= 0.3 is 11.8 Å². The van der Waals surface area contributed by atoms with Crippen LogP contribution in [-0.2, 0) is 23.8 Å². The van der Waals surface area contributed by atoms with Crippen molar-refractivity contribution < 1.29 is 58.5 Å². The van der Waals surface area contributed by atoms with E-state index in [0.717, 1.165) is 0 Å². The molecule has 67 heavy (non-hydrogen) atoms. The number of carbonyl (C=O) groups is 2. The number of ether oxygens (including phenoxy) is 4. The lowest BCUT2D eigenvalue weighted by Crippen LogP contribution is -2.47. The van der Waals surface area contributed by atoms with Gasteiger partial charge in [0.05, 0.1) is 41.8 Å². The smallest absolute Gasteiger partial charge is 0.307 e. The summed E-state index contributed by atoms with van der Waals surface area (Å²) in [5, 5.41) is 58.6. The molecule has 3 aromatic carbocycles. The zero-order valence-electron chi connectivity index (χ0n) is 39.2. The number of hydrogen-bond donors (Lipinski definition) is 6. The summed E-state index contributed by atoms with van der Waals surface area (Å²) in [6.07, 6.45) is 3.48. The monoisotopic (exact) mass is 928 g/mol. The largest absolute Gasteiger partial charge is 0.507 e. The summed E-state index contributed by atoms with van der Waals surface area (Å²) in [6, 6.07) is 3.05. The van der Waals surface area contributed by atoms with Crippen LogP contribution in [0, 0.1) is 30.6 Å². The SMILES string of the molecule is CO[C@H]1/C=C/O[C@@]2(C)Oc3c(C)c(O)c4c(=O)c(c5oc6cc(N7CCN(CCO)CC7)cc(=O)c6nc5c4c3=C2O)NC(=O)/C(C)=C\C=C\[C@H](C)[C@H](O)[C@@H](C)[C@@H](O)[C@@H](C)[C@H](OC(C)=O)[C@@H]1C. The van der Waals surface area contributed by atoms with E-state index in [1.54, 1.807) is 45.9 Å². The Labute approximate surface area is 386 Å². The van der Waals surface area contributed by atoms with Crippen LogP contribution in [-0.4, -0.2) is 124 Å². The van der Waals surface area contributed by atoms with Crippen molar-refractivity contribution in [2.75, 3.05) is 56.7 Å². The number of phenols is 1. The fourth-order valence-corrected chi connectivity index (χ4v) is 9.43. The van der Waals surface area contributed by atoms with Gasteiger partial charge < -0.3 is 59.1 Å². The number of benzene rings is 3. The number of aromatic nitrogens is 1. The summed E-state index contributed by atoms with van der Waals surface area (Å²) >= 11 is 0. The van der Waals surface area contributed by atoms with Gasteiger partial charge in [0.2, 0.25) is 10.9 Å². The van der Waals surface area contributed by atoms with Crippen molar-refractivity contribution in [3.05, 3.63) is 79.5 Å². The normalized spacial score (nSPS) is 29.7. The number of carbonyl (C=O) groups excluding carboxylic acids is 2. The fourth-order valence-electron chi connectivity index (χ4n) is 9.43. The first kappa shape index (κ1) is 48.9. The van der Waals surface area contributed by atoms with Gasteiger partial charge in [-0.2, -0.15) is 0 Å². The number of nitrogens with zero attached hydrogens (tertiary/aromatic N) is 3. The summed E-state index contributed by atoms with van der Waals surface area (Å²) in [5.41, 5.74) is -1.64. The molecule has 0 saturated carbocycles. The predicted octanol–water partition coefficient (Wildman–Crippen LogP) is 3.67. The number of anilines is 2. The number of phenolic OH excluding ortho intramolecular Hbond substituents is 1. The van der Waals surface area contributed by atoms with Crippen LogP contribution < -0.4 is 31.0 Å². The minimum Gasteiger partial charge on any atom is -0.507 e. The zero-order chi connectivity index (χ0) is 48.8. The second-order valence-corrected chi connectivity index (χ2v) is 18.1. The van der Waals surface area contributed by atoms with Crippen LogP contribution in [0.5, 0.6) is 11.5 Å². The fraction of sp³-hybridized carbons (Fsp3) is 0.490. The summed E-state index contributed by atoms with van der Waals surface area (Å²) in [4.78, 5) is 64.1. The first-order valence-electron chi connectivity index (χ1n) is 22.4. The molecule has 360 valence electrons. The molecule has 0 radical (unpaired) electrons. The lowest BCUT2D eigenvalue weighted by Gasteiger charge is -2.38. The van der Waals surface area contributed by atoms with E-state index in [1.807, 2.05) is 4.90 Å². The summed E-state index contributed by atoms with van der Waals surface area (Å²) < 4.78 is 30.4. The van der Waals surface area contributed by atoms with Crippen molar-refractivity contribution in [2.45, 2.75) is 85.6 Å². The van der Waals surface area contributed by atoms with Gasteiger partial charge in [-0.15, -0.1) is 0 Å². The first-order chi connectivity index (χ1) is 31.7. The number of esters is 1. The Morgan fingerprint density at radius 3 is 2.31 bits per heavy atom. The Hall–Kier alpha value is -6.05. The number of methoxy groups -OCH3 is 1. The molecule has 1 fully saturated rings. The summed E-state index contributed by atoms with van der Waals surface area (Å²) in [5.74, 6) is -7.04. The number of nitrogens with one attached hydrogen (secondary N) is 1. The van der Waals surface area contributed by atoms with Gasteiger partial charge in [0, 0.05) is 112 Å². The molecule has 7 rings (SSSR count). The van der Waals surface area contributed by atoms with Crippen molar-refractivity contribution >= 4 is 62.0 Å². The van der Waals surface area contributed by atoms with Crippen LogP contribution in [0.4, 0.5) is 11.4 Å². The van der Waals surface area contributed by atoms with Gasteiger partial charge in [-0.3, -0.25) is 24.1 Å². The zero-order valence-corrected chi connectivity index (χ0v) is 39.2. The number of hydrogen-bond acceptors (Lipinski definition) is 17. The maximum Gasteiger partial charge on any atom is 0.307 e. The van der Waals surface area contributed by atoms with E-state index in [9.17, 15) is 44.7 Å². The maximum atomic E-state index is 14.8. The Morgan fingerprint density at radius 1 is 0.955 bits per heavy atom. The third-order valence-corrected chi connectivity index (χ3v) is 13.6. The highest BCUT2D eigenvalue weighted by molar-refractivity contribution is 6.16. The molecular formula is C49H60N4O14. The molecule has 18 heteroatoms. The molecule has 6 N–H and O–H groups in total. The molecule has 1 aromatic heterocycles. The molecular weight excluding hydrogens is 869 g/mol. The quantitative estimate of drug-likeness (QED) is 0.0949. The van der Waals surface area contributed by atoms with Gasteiger partial charge in [-0.25, -0.2) is 4.98 Å². The average molecular weight is 929 g/mol. The molecule has 0 spiro atoms. The minimum absolute atomic E-state index is 0.000264. The molecule has 4 bridgehead atoms. The lowest BCUT2D eigenvalue weighted by atomic mass is 9.78. The highest BCUT2D eigenvalue weighted by Gasteiger charge is 2.44. The molecule has 4 aromatic rings. The summed E-state index contributed by atoms with van der Waals surface area (Å²) in [7, 11) is 1.44. The second-order valence-electron chi connectivity index (χ2n) is 18.1. The Balaban J connectivity index is 1.46. The van der Waals surface area contributed by atoms with Crippen molar-refractivity contribution in [1.29, 1.82) is 0 Å². The molecule has 9 atom stereocenters. The number of piperazine rings is 1. The number of aliphatic hydroxyl groups excluding tert-OH is 4. The molecule has 4 heterocycles. The van der Waals surface area contributed by atoms with E-state index < -0.39 is 93.8 Å². The van der Waals surface area contributed by atoms with E-state index in [0.29, 0.717) is 38.4 Å². The topological polar surface area (TPSA) is 251 Å². The Kier molecular flexibility index (Phi) is 14.1. The van der Waals surface area contributed by atoms with E-state index in [4.69, 9.17) is 28.3 Å². The van der Waals surface area contributed by atoms with Gasteiger partial charge in [-0.1, -0.05) is 45.9 Å². The number of aliphatic hydroxyl groups is 4. The standard InChI is InChI=1S/C49H60N4O14/c1-23-11-10-12-24(2)48(62)51-39-43(60)35-34(38-46(39)66-33-22-30(21-31(56)37(33)50-38)53-16-14-52(15-17-53)18-19-54)36-45(28(6)42(35)59)67-49(8,47(36)61)64-20-13-32(63-9)25(3)44(65-29(7)55)27(5)41(58)26(4)40(23)57/h10-13,20-23,25-27,32,40-41,44,54,57-59,61H,14-19H2,1-9H3,(H,51,62)/b11-10+,20-13+,24-12-/t23-,25+,26+,27+,32-,40-,41+,44+,49-/m0/s1. The van der Waals surface area contributed by atoms with Gasteiger partial charge in [-0.05, 0) is 19.9 Å². The van der Waals surface area contributed by atoms with Gasteiger partial charge in [0.25, 0.3) is 5.91 Å². The maximum absolute atomic E-state index is 14.8. The van der Waals surface area contributed by atoms with Crippen molar-refractivity contribution in [2.24, 2.45) is 23.7 Å². The molecule has 18 nitrogen and oxygen atoms in total. The Morgan fingerprint density at radius 2 is 1.66 bits per heavy atom. The van der Waals surface area contributed by atoms with Gasteiger partial charge in [0.15, 0.2) is 22.4 Å². The number of amides is 1. The van der Waals surface area contributed by atoms with Crippen LogP contribution in [0.15, 0.2) is 62.3 Å². The lowest BCUT2D eigenvalue weighted by molar-refractivity contribution is -0.160. The number of aromatic hydroxyl groups is 1. The number of fused-ring (bicyclic) bond motifs is 2. The number of allylic oxidation sites excluding steroid dienone is 2. The van der Waals surface area contributed by atoms with E-state index in [2.05, 4.69) is 10.2 Å². The Bertz CT molecular complexity index is 2870. The molecule has 3 aliphatic rings. The van der Waals surface area contributed by atoms with Crippen LogP contribution in [0.1, 0.15) is 54.0 Å². The van der Waals surface area contributed by atoms with Crippen molar-refractivity contribution in [3.8, 4) is 11.5 Å². The number of β-amino-alcohol motifs (C(OH)–C–C–N with tert-alkyl or cyclic N) is 1. The molecule has 1 amide bonds. The number of rotatable bonds is 5. The third kappa shape index (κ3) is 9.07. The van der Waals surface area contributed by atoms with Crippen LogP contribution >= 0.6 is 0 Å². The van der Waals surface area contributed by atoms with Crippen LogP contribution in [0.3, 0.4) is 0 Å². The van der Waals surface area contributed by atoms with Crippen molar-refractivity contribution in [1.82, 2.24) is 9.88 Å². The molecule has 3 aliphatic heterocycles. The summed E-state index contributed by atoms with van der Waals surface area (Å²) in [6.45, 7) is 15.5. The first-order valence-corrected chi connectivity index (χ1v) is 22.4. The van der Waals surface area contributed by atoms with E-state index in [1.165, 1.54) is 59.3 Å². The predicted molar refractivity (Wildman–Crippen MR) is 251 cm³/mol. The van der Waals surface area contributed by atoms with Crippen LogP contribution in [0.2, 0.25) is 0 Å². The van der Waals surface area contributed by atoms with E-state index >= 15 is 0 Å². The van der Waals surface area contributed by atoms with Crippen molar-refractivity contribution in [3.63, 3.8) is 0 Å². The third-order valence-electron chi connectivity index (χ3n) is 13.6. The van der Waals surface area contributed by atoms with E-state index in [-0.39, 0.29) is 61.7 Å².